The molecule has 0 unspecified atom stereocenters. The van der Waals surface area contributed by atoms with Gasteiger partial charge in [0.05, 0.1) is 7.11 Å². The van der Waals surface area contributed by atoms with Gasteiger partial charge in [-0.05, 0) is 17.7 Å². The van der Waals surface area contributed by atoms with Crippen molar-refractivity contribution in [3.63, 3.8) is 0 Å². The lowest BCUT2D eigenvalue weighted by Gasteiger charge is -2.31. The molecule has 1 aromatic carbocycles. The maximum atomic E-state index is 13.5. The Morgan fingerprint density at radius 1 is 1.39 bits per heavy atom. The molecule has 1 amide bonds. The number of carbonyl (C=O) groups excluding carboxylic acids is 1. The number of benzene rings is 1. The van der Waals surface area contributed by atoms with Crippen molar-refractivity contribution in [3.05, 3.63) is 29.8 Å². The standard InChI is InChI=1S/C11H11F2NO3.ClH/c1-16-8-4-2-7(3-5-8)9-11(12,13)6-17-10(15)14-9;/h2-5,9H,6H2,1H3,(H,14,15);1H/t9-;/m0./s1. The molecule has 0 spiro atoms. The van der Waals surface area contributed by atoms with E-state index in [1.807, 2.05) is 0 Å². The molecule has 7 heteroatoms. The van der Waals surface area contributed by atoms with Gasteiger partial charge < -0.3 is 14.8 Å². The van der Waals surface area contributed by atoms with Crippen LogP contribution >= 0.6 is 12.4 Å². The summed E-state index contributed by atoms with van der Waals surface area (Å²) < 4.78 is 36.3. The highest BCUT2D eigenvalue weighted by Crippen LogP contribution is 2.34. The summed E-state index contributed by atoms with van der Waals surface area (Å²) in [5, 5.41) is 2.11. The summed E-state index contributed by atoms with van der Waals surface area (Å²) in [6.45, 7) is -0.907. The Hall–Kier alpha value is -1.56. The summed E-state index contributed by atoms with van der Waals surface area (Å²) >= 11 is 0. The lowest BCUT2D eigenvalue weighted by atomic mass is 10.00. The van der Waals surface area contributed by atoms with Crippen LogP contribution in [0.2, 0.25) is 0 Å². The molecular weight excluding hydrogens is 268 g/mol. The molecule has 1 atom stereocenters. The highest BCUT2D eigenvalue weighted by atomic mass is 35.5. The van der Waals surface area contributed by atoms with Crippen molar-refractivity contribution in [1.82, 2.24) is 5.32 Å². The van der Waals surface area contributed by atoms with Gasteiger partial charge >= 0.3 is 12.0 Å². The first-order valence-electron chi connectivity index (χ1n) is 4.98. The van der Waals surface area contributed by atoms with E-state index in [9.17, 15) is 13.6 Å². The minimum absolute atomic E-state index is 0. The number of hydrogen-bond acceptors (Lipinski definition) is 3. The van der Waals surface area contributed by atoms with Crippen molar-refractivity contribution >= 4 is 18.5 Å². The number of carbonyl (C=O) groups is 1. The number of methoxy groups -OCH3 is 1. The Bertz CT molecular complexity index is 425. The molecule has 1 heterocycles. The second kappa shape index (κ2) is 5.39. The number of cyclic esters (lactones) is 1. The normalized spacial score (nSPS) is 21.3. The third kappa shape index (κ3) is 2.81. The Morgan fingerprint density at radius 3 is 2.56 bits per heavy atom. The smallest absolute Gasteiger partial charge is 0.408 e. The first-order valence-corrected chi connectivity index (χ1v) is 4.98. The summed E-state index contributed by atoms with van der Waals surface area (Å²) in [6.07, 6.45) is -0.836. The summed E-state index contributed by atoms with van der Waals surface area (Å²) in [4.78, 5) is 11.0. The number of alkyl carbamates (subject to hydrolysis) is 1. The maximum Gasteiger partial charge on any atom is 0.408 e. The van der Waals surface area contributed by atoms with Crippen molar-refractivity contribution in [2.24, 2.45) is 0 Å². The predicted octanol–water partition coefficient (Wildman–Crippen LogP) is 2.53. The van der Waals surface area contributed by atoms with Gasteiger partial charge in [0, 0.05) is 0 Å². The van der Waals surface area contributed by atoms with Crippen LogP contribution in [0.5, 0.6) is 5.75 Å². The maximum absolute atomic E-state index is 13.5. The van der Waals surface area contributed by atoms with Crippen molar-refractivity contribution in [2.45, 2.75) is 12.0 Å². The number of ether oxygens (including phenoxy) is 2. The van der Waals surface area contributed by atoms with Crippen molar-refractivity contribution in [2.75, 3.05) is 13.7 Å². The molecule has 0 radical (unpaired) electrons. The number of halogens is 3. The second-order valence-corrected chi connectivity index (χ2v) is 3.69. The minimum Gasteiger partial charge on any atom is -0.497 e. The molecular formula is C11H12ClF2NO3. The zero-order chi connectivity index (χ0) is 12.5. The van der Waals surface area contributed by atoms with E-state index in [2.05, 4.69) is 10.1 Å². The fourth-order valence-corrected chi connectivity index (χ4v) is 1.63. The molecule has 1 aromatic rings. The lowest BCUT2D eigenvalue weighted by molar-refractivity contribution is -0.104. The predicted molar refractivity (Wildman–Crippen MR) is 62.4 cm³/mol. The van der Waals surface area contributed by atoms with Crippen LogP contribution in [-0.4, -0.2) is 25.7 Å². The van der Waals surface area contributed by atoms with Gasteiger partial charge in [-0.1, -0.05) is 12.1 Å². The number of alkyl halides is 2. The van der Waals surface area contributed by atoms with Crippen molar-refractivity contribution < 1.29 is 23.0 Å². The summed E-state index contributed by atoms with van der Waals surface area (Å²) in [5.74, 6) is -2.56. The lowest BCUT2D eigenvalue weighted by Crippen LogP contribution is -2.49. The van der Waals surface area contributed by atoms with Gasteiger partial charge in [-0.2, -0.15) is 0 Å². The zero-order valence-electron chi connectivity index (χ0n) is 9.48. The SMILES string of the molecule is COc1ccc([C@@H]2NC(=O)OCC2(F)F)cc1.Cl. The van der Waals surface area contributed by atoms with Crippen LogP contribution in [0.15, 0.2) is 24.3 Å². The number of amides is 1. The van der Waals surface area contributed by atoms with E-state index in [1.165, 1.54) is 19.2 Å². The Kier molecular flexibility index (Phi) is 4.34. The van der Waals surface area contributed by atoms with Gasteiger partial charge in [0.25, 0.3) is 0 Å². The Morgan fingerprint density at radius 2 is 2.00 bits per heavy atom. The van der Waals surface area contributed by atoms with Crippen molar-refractivity contribution in [1.29, 1.82) is 0 Å². The molecule has 1 aliphatic heterocycles. The molecule has 0 bridgehead atoms. The molecule has 1 fully saturated rings. The molecule has 1 saturated heterocycles. The zero-order valence-corrected chi connectivity index (χ0v) is 10.3. The van der Waals surface area contributed by atoms with Gasteiger partial charge in [-0.3, -0.25) is 0 Å². The van der Waals surface area contributed by atoms with Gasteiger partial charge in [-0.15, -0.1) is 12.4 Å². The van der Waals surface area contributed by atoms with Crippen LogP contribution in [0.4, 0.5) is 13.6 Å². The number of rotatable bonds is 2. The van der Waals surface area contributed by atoms with Gasteiger partial charge in [0.15, 0.2) is 6.61 Å². The highest BCUT2D eigenvalue weighted by Gasteiger charge is 2.46. The number of nitrogens with one attached hydrogen (secondary N) is 1. The molecule has 2 rings (SSSR count). The monoisotopic (exact) mass is 279 g/mol. The second-order valence-electron chi connectivity index (χ2n) is 3.69. The molecule has 0 saturated carbocycles. The van der Waals surface area contributed by atoms with E-state index >= 15 is 0 Å². The van der Waals surface area contributed by atoms with E-state index in [1.54, 1.807) is 12.1 Å². The van der Waals surface area contributed by atoms with Crippen LogP contribution in [0.1, 0.15) is 11.6 Å². The average Bonchev–Trinajstić information content (AvgIpc) is 2.33. The fourth-order valence-electron chi connectivity index (χ4n) is 1.63. The van der Waals surface area contributed by atoms with Gasteiger partial charge in [-0.25, -0.2) is 13.6 Å². The topological polar surface area (TPSA) is 47.6 Å². The summed E-state index contributed by atoms with van der Waals surface area (Å²) in [5.41, 5.74) is 0.312. The largest absolute Gasteiger partial charge is 0.497 e. The molecule has 4 nitrogen and oxygen atoms in total. The van der Waals surface area contributed by atoms with Crippen molar-refractivity contribution in [3.8, 4) is 5.75 Å². The number of hydrogen-bond donors (Lipinski definition) is 1. The third-order valence-corrected chi connectivity index (χ3v) is 2.53. The van der Waals surface area contributed by atoms with Gasteiger partial charge in [0.2, 0.25) is 0 Å². The Labute approximate surface area is 109 Å². The molecule has 0 aromatic heterocycles. The van der Waals surface area contributed by atoms with E-state index in [4.69, 9.17) is 4.74 Å². The Balaban J connectivity index is 0.00000162. The van der Waals surface area contributed by atoms with Crippen LogP contribution < -0.4 is 10.1 Å². The van der Waals surface area contributed by atoms with Crippen LogP contribution in [0.3, 0.4) is 0 Å². The first kappa shape index (κ1) is 14.5. The van der Waals surface area contributed by atoms with Gasteiger partial charge in [0.1, 0.15) is 11.8 Å². The summed E-state index contributed by atoms with van der Waals surface area (Å²) in [6, 6.07) is 4.74. The molecule has 18 heavy (non-hydrogen) atoms. The molecule has 1 N–H and O–H groups in total. The third-order valence-electron chi connectivity index (χ3n) is 2.53. The van der Waals surface area contributed by atoms with E-state index < -0.39 is 24.7 Å². The highest BCUT2D eigenvalue weighted by molar-refractivity contribution is 5.85. The van der Waals surface area contributed by atoms with E-state index in [0.717, 1.165) is 0 Å². The first-order chi connectivity index (χ1) is 8.03. The van der Waals surface area contributed by atoms with Crippen LogP contribution in [-0.2, 0) is 4.74 Å². The molecule has 1 aliphatic rings. The van der Waals surface area contributed by atoms with Crippen LogP contribution in [0, 0.1) is 0 Å². The molecule has 0 aliphatic carbocycles. The average molecular weight is 280 g/mol. The fraction of sp³-hybridized carbons (Fsp3) is 0.364. The van der Waals surface area contributed by atoms with Crippen LogP contribution in [0.25, 0.3) is 0 Å². The summed E-state index contributed by atoms with van der Waals surface area (Å²) in [7, 11) is 1.49. The van der Waals surface area contributed by atoms with E-state index in [0.29, 0.717) is 11.3 Å². The molecule has 100 valence electrons. The van der Waals surface area contributed by atoms with E-state index in [-0.39, 0.29) is 12.4 Å². The minimum atomic E-state index is -3.12. The quantitative estimate of drug-likeness (QED) is 0.905.